The van der Waals surface area contributed by atoms with Crippen LogP contribution in [0.4, 0.5) is 11.5 Å². The van der Waals surface area contributed by atoms with Gasteiger partial charge in [-0.3, -0.25) is 14.9 Å². The van der Waals surface area contributed by atoms with Crippen molar-refractivity contribution in [3.05, 3.63) is 58.1 Å². The Morgan fingerprint density at radius 3 is 2.87 bits per heavy atom. The van der Waals surface area contributed by atoms with Gasteiger partial charge in [-0.2, -0.15) is 5.10 Å². The van der Waals surface area contributed by atoms with Crippen LogP contribution in [0.25, 0.3) is 22.6 Å². The summed E-state index contributed by atoms with van der Waals surface area (Å²) in [6, 6.07) is 10.6. The standard InChI is InChI=1S/C18H14N8O5/c19-17-16(23-31-24-17)18-21-12-3-1-2-4-13(12)25(18)9-15(28)22-20-8-10-7-11(26(29)30)5-6-14(10)27/h1-8,27H,9H2,(H2,19,24)(H,22,28)/b20-8-. The van der Waals surface area contributed by atoms with E-state index in [0.29, 0.717) is 11.0 Å². The first-order valence-electron chi connectivity index (χ1n) is 8.77. The first kappa shape index (κ1) is 19.5. The van der Waals surface area contributed by atoms with Gasteiger partial charge in [0.2, 0.25) is 0 Å². The first-order chi connectivity index (χ1) is 14.9. The molecule has 1 amide bonds. The van der Waals surface area contributed by atoms with Crippen LogP contribution in [-0.2, 0) is 11.3 Å². The molecule has 0 unspecified atom stereocenters. The van der Waals surface area contributed by atoms with Crippen molar-refractivity contribution in [2.45, 2.75) is 6.54 Å². The van der Waals surface area contributed by atoms with Gasteiger partial charge in [-0.15, -0.1) is 0 Å². The van der Waals surface area contributed by atoms with Crippen LogP contribution in [0, 0.1) is 10.1 Å². The Morgan fingerprint density at radius 2 is 2.13 bits per heavy atom. The molecular formula is C18H14N8O5. The zero-order valence-electron chi connectivity index (χ0n) is 15.7. The maximum atomic E-state index is 12.5. The van der Waals surface area contributed by atoms with Crippen LogP contribution >= 0.6 is 0 Å². The number of carbonyl (C=O) groups is 1. The normalized spacial score (nSPS) is 11.2. The molecule has 2 aromatic carbocycles. The third kappa shape index (κ3) is 3.87. The van der Waals surface area contributed by atoms with E-state index >= 15 is 0 Å². The number of nitro groups is 1. The number of nitro benzene ring substituents is 1. The Hall–Kier alpha value is -4.81. The molecule has 2 heterocycles. The monoisotopic (exact) mass is 422 g/mol. The lowest BCUT2D eigenvalue weighted by Gasteiger charge is -2.06. The third-order valence-electron chi connectivity index (χ3n) is 4.30. The van der Waals surface area contributed by atoms with Gasteiger partial charge >= 0.3 is 0 Å². The number of phenolic OH excluding ortho intramolecular Hbond substituents is 1. The molecule has 0 saturated heterocycles. The number of nitrogens with two attached hydrogens (primary N) is 1. The molecule has 13 nitrogen and oxygen atoms in total. The maximum Gasteiger partial charge on any atom is 0.270 e. The summed E-state index contributed by atoms with van der Waals surface area (Å²) in [5.74, 6) is -0.437. The zero-order valence-corrected chi connectivity index (χ0v) is 15.7. The lowest BCUT2D eigenvalue weighted by molar-refractivity contribution is -0.384. The number of nitrogens with zero attached hydrogens (tertiary/aromatic N) is 6. The number of imidazole rings is 1. The fourth-order valence-electron chi connectivity index (χ4n) is 2.88. The summed E-state index contributed by atoms with van der Waals surface area (Å²) in [6.45, 7) is -0.194. The number of rotatable bonds is 6. The minimum atomic E-state index is -0.606. The van der Waals surface area contributed by atoms with E-state index < -0.39 is 10.8 Å². The summed E-state index contributed by atoms with van der Waals surface area (Å²) in [5.41, 5.74) is 9.37. The lowest BCUT2D eigenvalue weighted by atomic mass is 10.2. The summed E-state index contributed by atoms with van der Waals surface area (Å²) in [5, 5.41) is 31.7. The number of nitrogens with one attached hydrogen (secondary N) is 1. The van der Waals surface area contributed by atoms with Crippen molar-refractivity contribution in [1.29, 1.82) is 0 Å². The topological polar surface area (TPSA) is 188 Å². The van der Waals surface area contributed by atoms with E-state index in [1.54, 1.807) is 28.8 Å². The highest BCUT2D eigenvalue weighted by Gasteiger charge is 2.20. The van der Waals surface area contributed by atoms with Crippen molar-refractivity contribution in [1.82, 2.24) is 25.3 Å². The summed E-state index contributed by atoms with van der Waals surface area (Å²) in [7, 11) is 0. The van der Waals surface area contributed by atoms with E-state index in [9.17, 15) is 20.0 Å². The minimum Gasteiger partial charge on any atom is -0.507 e. The molecule has 4 N–H and O–H groups in total. The van der Waals surface area contributed by atoms with Gasteiger partial charge in [0.1, 0.15) is 12.3 Å². The number of benzene rings is 2. The molecule has 0 radical (unpaired) electrons. The van der Waals surface area contributed by atoms with Crippen LogP contribution in [0.15, 0.2) is 52.2 Å². The summed E-state index contributed by atoms with van der Waals surface area (Å²) < 4.78 is 6.20. The molecule has 156 valence electrons. The number of para-hydroxylation sites is 2. The van der Waals surface area contributed by atoms with Crippen molar-refractivity contribution in [2.75, 3.05) is 5.73 Å². The second-order valence-corrected chi connectivity index (χ2v) is 6.30. The second kappa shape index (κ2) is 7.90. The Labute approximate surface area is 172 Å². The number of nitrogen functional groups attached to an aromatic ring is 1. The average molecular weight is 422 g/mol. The minimum absolute atomic E-state index is 0.0242. The SMILES string of the molecule is Nc1nonc1-c1nc2ccccc2n1CC(=O)N/N=C\c1cc([N+](=O)[O-])ccc1O. The largest absolute Gasteiger partial charge is 0.507 e. The fourth-order valence-corrected chi connectivity index (χ4v) is 2.88. The van der Waals surface area contributed by atoms with Crippen molar-refractivity contribution in [3.8, 4) is 17.3 Å². The highest BCUT2D eigenvalue weighted by Crippen LogP contribution is 2.26. The van der Waals surface area contributed by atoms with Gasteiger partial charge in [0, 0.05) is 17.7 Å². The van der Waals surface area contributed by atoms with Gasteiger partial charge in [-0.05, 0) is 28.5 Å². The molecule has 0 atom stereocenters. The number of non-ortho nitro benzene ring substituents is 1. The van der Waals surface area contributed by atoms with E-state index in [-0.39, 0.29) is 40.9 Å². The predicted molar refractivity (Wildman–Crippen MR) is 108 cm³/mol. The predicted octanol–water partition coefficient (Wildman–Crippen LogP) is 1.43. The molecule has 0 aliphatic rings. The molecule has 31 heavy (non-hydrogen) atoms. The number of hydrogen-bond donors (Lipinski definition) is 3. The summed E-state index contributed by atoms with van der Waals surface area (Å²) >= 11 is 0. The number of fused-ring (bicyclic) bond motifs is 1. The van der Waals surface area contributed by atoms with Crippen molar-refractivity contribution < 1.29 is 19.5 Å². The van der Waals surface area contributed by atoms with E-state index in [0.717, 1.165) is 18.3 Å². The molecule has 4 rings (SSSR count). The molecule has 0 aliphatic carbocycles. The van der Waals surface area contributed by atoms with E-state index in [1.807, 2.05) is 0 Å². The molecule has 0 fully saturated rings. The quantitative estimate of drug-likeness (QED) is 0.234. The summed E-state index contributed by atoms with van der Waals surface area (Å²) in [4.78, 5) is 27.2. The van der Waals surface area contributed by atoms with Crippen molar-refractivity contribution in [2.24, 2.45) is 5.10 Å². The molecule has 13 heteroatoms. The van der Waals surface area contributed by atoms with Crippen LogP contribution in [0.2, 0.25) is 0 Å². The zero-order chi connectivity index (χ0) is 22.0. The fraction of sp³-hybridized carbons (Fsp3) is 0.0556. The molecule has 0 aliphatic heterocycles. The van der Waals surface area contributed by atoms with Crippen LogP contribution in [0.1, 0.15) is 5.56 Å². The highest BCUT2D eigenvalue weighted by molar-refractivity contribution is 5.87. The maximum absolute atomic E-state index is 12.5. The molecule has 0 bridgehead atoms. The van der Waals surface area contributed by atoms with Gasteiger partial charge in [0.15, 0.2) is 17.3 Å². The number of amides is 1. The lowest BCUT2D eigenvalue weighted by Crippen LogP contribution is -2.23. The Morgan fingerprint density at radius 1 is 1.32 bits per heavy atom. The van der Waals surface area contributed by atoms with Crippen LogP contribution < -0.4 is 11.2 Å². The summed E-state index contributed by atoms with van der Waals surface area (Å²) in [6.07, 6.45) is 1.10. The van der Waals surface area contributed by atoms with Crippen molar-refractivity contribution >= 4 is 34.7 Å². The van der Waals surface area contributed by atoms with E-state index in [4.69, 9.17) is 5.73 Å². The number of carbonyl (C=O) groups excluding carboxylic acids is 1. The van der Waals surface area contributed by atoms with Gasteiger partial charge in [0.25, 0.3) is 11.6 Å². The second-order valence-electron chi connectivity index (χ2n) is 6.30. The smallest absolute Gasteiger partial charge is 0.270 e. The third-order valence-corrected chi connectivity index (χ3v) is 4.30. The van der Waals surface area contributed by atoms with E-state index in [1.165, 1.54) is 6.07 Å². The molecular weight excluding hydrogens is 408 g/mol. The van der Waals surface area contributed by atoms with Gasteiger partial charge < -0.3 is 15.4 Å². The Balaban J connectivity index is 1.57. The molecule has 4 aromatic rings. The van der Waals surface area contributed by atoms with Crippen LogP contribution in [0.5, 0.6) is 5.75 Å². The first-order valence-corrected chi connectivity index (χ1v) is 8.77. The average Bonchev–Trinajstić information content (AvgIpc) is 3.32. The Bertz CT molecular complexity index is 1330. The van der Waals surface area contributed by atoms with Crippen LogP contribution in [0.3, 0.4) is 0 Å². The number of phenols is 1. The Kier molecular flexibility index (Phi) is 4.97. The van der Waals surface area contributed by atoms with Crippen molar-refractivity contribution in [3.63, 3.8) is 0 Å². The molecule has 2 aromatic heterocycles. The molecule has 0 saturated carbocycles. The molecule has 0 spiro atoms. The number of hydrazone groups is 1. The van der Waals surface area contributed by atoms with Crippen LogP contribution in [-0.4, -0.2) is 42.0 Å². The number of aromatic nitrogens is 4. The van der Waals surface area contributed by atoms with Gasteiger partial charge in [0.05, 0.1) is 22.2 Å². The highest BCUT2D eigenvalue weighted by atomic mass is 16.6. The number of anilines is 1. The number of hydrogen-bond acceptors (Lipinski definition) is 10. The van der Waals surface area contributed by atoms with Gasteiger partial charge in [-0.1, -0.05) is 12.1 Å². The number of aromatic hydroxyl groups is 1. The van der Waals surface area contributed by atoms with E-state index in [2.05, 4.69) is 30.5 Å². The van der Waals surface area contributed by atoms with Gasteiger partial charge in [-0.25, -0.2) is 15.0 Å².